The number of halogens is 1. The van der Waals surface area contributed by atoms with Gasteiger partial charge < -0.3 is 10.2 Å². The van der Waals surface area contributed by atoms with Crippen molar-refractivity contribution in [1.29, 1.82) is 0 Å². The van der Waals surface area contributed by atoms with Gasteiger partial charge in [-0.05, 0) is 17.7 Å². The number of aliphatic carboxylic acids is 1. The Hall–Kier alpha value is -1.46. The summed E-state index contributed by atoms with van der Waals surface area (Å²) in [7, 11) is 0. The van der Waals surface area contributed by atoms with Gasteiger partial charge >= 0.3 is 5.97 Å². The Balaban J connectivity index is 2.52. The van der Waals surface area contributed by atoms with Gasteiger partial charge in [-0.2, -0.15) is 0 Å². The summed E-state index contributed by atoms with van der Waals surface area (Å²) < 4.78 is 12.7. The third-order valence-electron chi connectivity index (χ3n) is 1.92. The zero-order chi connectivity index (χ0) is 11.3. The molecule has 4 nitrogen and oxygen atoms in total. The number of carboxylic acids is 1. The molecule has 1 unspecified atom stereocenters. The van der Waals surface area contributed by atoms with Crippen molar-refractivity contribution in [3.05, 3.63) is 35.6 Å². The van der Waals surface area contributed by atoms with Crippen molar-refractivity contribution < 1.29 is 19.4 Å². The summed E-state index contributed by atoms with van der Waals surface area (Å²) in [6.45, 7) is -0.292. The van der Waals surface area contributed by atoms with Crippen LogP contribution in [0.3, 0.4) is 0 Å². The Morgan fingerprint density at radius 1 is 1.53 bits per heavy atom. The number of aliphatic hydroxyl groups excluding tert-OH is 1. The first-order valence-corrected chi connectivity index (χ1v) is 4.45. The van der Waals surface area contributed by atoms with Crippen molar-refractivity contribution in [2.45, 2.75) is 12.6 Å². The van der Waals surface area contributed by atoms with E-state index in [1.165, 1.54) is 12.1 Å². The Bertz CT molecular complexity index is 343. The van der Waals surface area contributed by atoms with Crippen LogP contribution < -0.4 is 5.32 Å². The number of nitrogens with one attached hydrogen (secondary N) is 1. The molecule has 1 rings (SSSR count). The number of benzene rings is 1. The molecule has 0 aliphatic carbocycles. The maximum Gasteiger partial charge on any atom is 0.323 e. The number of rotatable bonds is 5. The van der Waals surface area contributed by atoms with E-state index in [4.69, 9.17) is 10.2 Å². The lowest BCUT2D eigenvalue weighted by Gasteiger charge is -2.11. The smallest absolute Gasteiger partial charge is 0.323 e. The lowest BCUT2D eigenvalue weighted by Crippen LogP contribution is -2.39. The van der Waals surface area contributed by atoms with Gasteiger partial charge in [-0.25, -0.2) is 4.39 Å². The fourth-order valence-corrected chi connectivity index (χ4v) is 1.12. The predicted octanol–water partition coefficient (Wildman–Crippen LogP) is 0.361. The molecule has 0 radical (unpaired) electrons. The van der Waals surface area contributed by atoms with Crippen LogP contribution in [-0.2, 0) is 11.3 Å². The second kappa shape index (κ2) is 5.43. The lowest BCUT2D eigenvalue weighted by atomic mass is 10.2. The number of aliphatic hydroxyl groups is 1. The Kier molecular flexibility index (Phi) is 4.20. The average Bonchev–Trinajstić information content (AvgIpc) is 2.18. The predicted molar refractivity (Wildman–Crippen MR) is 51.7 cm³/mol. The summed E-state index contributed by atoms with van der Waals surface area (Å²) in [5.41, 5.74) is 0.634. The highest BCUT2D eigenvalue weighted by atomic mass is 19.1. The monoisotopic (exact) mass is 213 g/mol. The molecule has 0 aromatic heterocycles. The molecule has 0 fully saturated rings. The van der Waals surface area contributed by atoms with Gasteiger partial charge in [-0.3, -0.25) is 10.1 Å². The first-order valence-electron chi connectivity index (χ1n) is 4.45. The molecule has 0 aliphatic rings. The minimum Gasteiger partial charge on any atom is -0.480 e. The van der Waals surface area contributed by atoms with Gasteiger partial charge in [0.1, 0.15) is 11.9 Å². The molecule has 0 saturated carbocycles. The van der Waals surface area contributed by atoms with Gasteiger partial charge in [0.15, 0.2) is 0 Å². The van der Waals surface area contributed by atoms with Gasteiger partial charge in [0.05, 0.1) is 6.61 Å². The molecule has 1 atom stereocenters. The molecule has 0 spiro atoms. The van der Waals surface area contributed by atoms with Crippen LogP contribution in [0.4, 0.5) is 4.39 Å². The van der Waals surface area contributed by atoms with Gasteiger partial charge in [0.25, 0.3) is 0 Å². The minimum atomic E-state index is -1.13. The van der Waals surface area contributed by atoms with E-state index in [0.29, 0.717) is 5.56 Å². The van der Waals surface area contributed by atoms with E-state index in [9.17, 15) is 9.18 Å². The standard InChI is InChI=1S/C10H12FNO3/c11-8-3-1-2-7(4-8)5-12-9(6-13)10(14)15/h1-4,9,12-13H,5-6H2,(H,14,15). The summed E-state index contributed by atoms with van der Waals surface area (Å²) in [4.78, 5) is 10.5. The van der Waals surface area contributed by atoms with Gasteiger partial charge in [-0.1, -0.05) is 12.1 Å². The van der Waals surface area contributed by atoms with E-state index in [0.717, 1.165) is 0 Å². The van der Waals surface area contributed by atoms with Crippen molar-refractivity contribution in [2.24, 2.45) is 0 Å². The van der Waals surface area contributed by atoms with Crippen LogP contribution in [0, 0.1) is 5.82 Å². The van der Waals surface area contributed by atoms with E-state index in [1.807, 2.05) is 0 Å². The lowest BCUT2D eigenvalue weighted by molar-refractivity contribution is -0.140. The zero-order valence-electron chi connectivity index (χ0n) is 7.98. The van der Waals surface area contributed by atoms with Crippen molar-refractivity contribution in [1.82, 2.24) is 5.32 Å². The third-order valence-corrected chi connectivity index (χ3v) is 1.92. The maximum atomic E-state index is 12.7. The largest absolute Gasteiger partial charge is 0.480 e. The Labute approximate surface area is 86.4 Å². The Morgan fingerprint density at radius 2 is 2.27 bits per heavy atom. The first-order chi connectivity index (χ1) is 7.13. The maximum absolute atomic E-state index is 12.7. The molecule has 0 bridgehead atoms. The summed E-state index contributed by atoms with van der Waals surface area (Å²) in [6.07, 6.45) is 0. The molecule has 0 saturated heterocycles. The van der Waals surface area contributed by atoms with E-state index in [-0.39, 0.29) is 12.4 Å². The van der Waals surface area contributed by atoms with Crippen LogP contribution in [0.2, 0.25) is 0 Å². The topological polar surface area (TPSA) is 69.6 Å². The van der Waals surface area contributed by atoms with Gasteiger partial charge in [-0.15, -0.1) is 0 Å². The highest BCUT2D eigenvalue weighted by Crippen LogP contribution is 2.03. The second-order valence-corrected chi connectivity index (χ2v) is 3.08. The van der Waals surface area contributed by atoms with Crippen LogP contribution in [0.5, 0.6) is 0 Å². The van der Waals surface area contributed by atoms with E-state index in [1.54, 1.807) is 12.1 Å². The summed E-state index contributed by atoms with van der Waals surface area (Å²) in [5, 5.41) is 19.9. The van der Waals surface area contributed by atoms with Gasteiger partial charge in [0, 0.05) is 6.54 Å². The van der Waals surface area contributed by atoms with Crippen LogP contribution in [0.15, 0.2) is 24.3 Å². The third kappa shape index (κ3) is 3.65. The minimum absolute atomic E-state index is 0.204. The van der Waals surface area contributed by atoms with Crippen molar-refractivity contribution in [2.75, 3.05) is 6.61 Å². The first kappa shape index (κ1) is 11.6. The molecular weight excluding hydrogens is 201 g/mol. The molecule has 0 aliphatic heterocycles. The van der Waals surface area contributed by atoms with Crippen molar-refractivity contribution in [3.8, 4) is 0 Å². The highest BCUT2D eigenvalue weighted by molar-refractivity contribution is 5.73. The zero-order valence-corrected chi connectivity index (χ0v) is 7.98. The quantitative estimate of drug-likeness (QED) is 0.660. The Morgan fingerprint density at radius 3 is 2.80 bits per heavy atom. The molecular formula is C10H12FNO3. The number of hydrogen-bond donors (Lipinski definition) is 3. The SMILES string of the molecule is O=C(O)C(CO)NCc1cccc(F)c1. The summed E-state index contributed by atoms with van der Waals surface area (Å²) in [5.74, 6) is -1.50. The van der Waals surface area contributed by atoms with E-state index in [2.05, 4.69) is 5.32 Å². The van der Waals surface area contributed by atoms with Crippen LogP contribution in [-0.4, -0.2) is 28.8 Å². The fraction of sp³-hybridized carbons (Fsp3) is 0.300. The molecule has 0 amide bonds. The highest BCUT2D eigenvalue weighted by Gasteiger charge is 2.14. The van der Waals surface area contributed by atoms with Crippen molar-refractivity contribution >= 4 is 5.97 Å². The molecule has 1 aromatic rings. The molecule has 3 N–H and O–H groups in total. The molecule has 82 valence electrons. The second-order valence-electron chi connectivity index (χ2n) is 3.08. The average molecular weight is 213 g/mol. The number of carboxylic acid groups (broad SMARTS) is 1. The molecule has 0 heterocycles. The molecule has 1 aromatic carbocycles. The van der Waals surface area contributed by atoms with Crippen LogP contribution >= 0.6 is 0 Å². The fourth-order valence-electron chi connectivity index (χ4n) is 1.12. The van der Waals surface area contributed by atoms with E-state index < -0.39 is 18.6 Å². The molecule has 5 heteroatoms. The van der Waals surface area contributed by atoms with Gasteiger partial charge in [0.2, 0.25) is 0 Å². The number of hydrogen-bond acceptors (Lipinski definition) is 3. The van der Waals surface area contributed by atoms with E-state index >= 15 is 0 Å². The summed E-state index contributed by atoms with van der Waals surface area (Å²) in [6, 6.07) is 4.81. The van der Waals surface area contributed by atoms with Crippen LogP contribution in [0.1, 0.15) is 5.56 Å². The van der Waals surface area contributed by atoms with Crippen molar-refractivity contribution in [3.63, 3.8) is 0 Å². The number of carbonyl (C=O) groups is 1. The normalized spacial score (nSPS) is 12.4. The van der Waals surface area contributed by atoms with Crippen LogP contribution in [0.25, 0.3) is 0 Å². The molecule has 15 heavy (non-hydrogen) atoms. The summed E-state index contributed by atoms with van der Waals surface area (Å²) >= 11 is 0.